The van der Waals surface area contributed by atoms with Gasteiger partial charge in [-0.05, 0) is 29.7 Å². The minimum atomic E-state index is -0.128. The molecule has 2 aromatic rings. The van der Waals surface area contributed by atoms with Crippen molar-refractivity contribution in [2.24, 2.45) is 0 Å². The number of nitrogens with zero attached hydrogens (tertiary/aromatic N) is 1. The lowest BCUT2D eigenvalue weighted by molar-refractivity contribution is -0.133. The van der Waals surface area contributed by atoms with Gasteiger partial charge in [0.2, 0.25) is 5.91 Å². The van der Waals surface area contributed by atoms with Gasteiger partial charge in [0.1, 0.15) is 5.75 Å². The Labute approximate surface area is 144 Å². The van der Waals surface area contributed by atoms with Gasteiger partial charge in [-0.2, -0.15) is 0 Å². The molecule has 1 amide bonds. The van der Waals surface area contributed by atoms with Crippen molar-refractivity contribution in [3.8, 4) is 5.75 Å². The Bertz CT molecular complexity index is 667. The van der Waals surface area contributed by atoms with Crippen molar-refractivity contribution >= 4 is 5.91 Å². The minimum Gasteiger partial charge on any atom is -0.497 e. The van der Waals surface area contributed by atoms with E-state index in [4.69, 9.17) is 4.74 Å². The van der Waals surface area contributed by atoms with E-state index >= 15 is 0 Å². The van der Waals surface area contributed by atoms with Gasteiger partial charge in [-0.25, -0.2) is 0 Å². The summed E-state index contributed by atoms with van der Waals surface area (Å²) < 4.78 is 5.27. The molecular formula is C21H25NO2. The van der Waals surface area contributed by atoms with Crippen molar-refractivity contribution in [3.05, 3.63) is 78.4 Å². The zero-order valence-electron chi connectivity index (χ0n) is 14.4. The number of amides is 1. The zero-order valence-corrected chi connectivity index (χ0v) is 14.4. The molecule has 0 saturated heterocycles. The monoisotopic (exact) mass is 323 g/mol. The fourth-order valence-electron chi connectivity index (χ4n) is 2.84. The molecule has 0 fully saturated rings. The van der Waals surface area contributed by atoms with Crippen LogP contribution in [-0.2, 0) is 11.3 Å². The van der Waals surface area contributed by atoms with Gasteiger partial charge in [-0.15, -0.1) is 6.58 Å². The van der Waals surface area contributed by atoms with E-state index in [1.54, 1.807) is 13.2 Å². The highest BCUT2D eigenvalue weighted by molar-refractivity contribution is 5.83. The Kier molecular flexibility index (Phi) is 6.62. The van der Waals surface area contributed by atoms with Crippen molar-refractivity contribution in [2.45, 2.75) is 25.8 Å². The lowest BCUT2D eigenvalue weighted by Gasteiger charge is -2.26. The fourth-order valence-corrected chi connectivity index (χ4v) is 2.84. The lowest BCUT2D eigenvalue weighted by atomic mass is 9.94. The van der Waals surface area contributed by atoms with Crippen molar-refractivity contribution < 1.29 is 9.53 Å². The molecule has 3 nitrogen and oxygen atoms in total. The van der Waals surface area contributed by atoms with E-state index in [-0.39, 0.29) is 11.8 Å². The minimum absolute atomic E-state index is 0.128. The van der Waals surface area contributed by atoms with E-state index in [1.807, 2.05) is 66.4 Å². The molecular weight excluding hydrogens is 298 g/mol. The summed E-state index contributed by atoms with van der Waals surface area (Å²) >= 11 is 0. The third kappa shape index (κ3) is 4.48. The van der Waals surface area contributed by atoms with Crippen LogP contribution in [0.15, 0.2) is 67.3 Å². The first-order valence-corrected chi connectivity index (χ1v) is 8.27. The van der Waals surface area contributed by atoms with Gasteiger partial charge in [0.25, 0.3) is 0 Å². The average Bonchev–Trinajstić information content (AvgIpc) is 2.63. The second-order valence-electron chi connectivity index (χ2n) is 5.73. The van der Waals surface area contributed by atoms with E-state index in [0.29, 0.717) is 13.1 Å². The molecule has 0 radical (unpaired) electrons. The number of carbonyl (C=O) groups is 1. The molecule has 0 spiro atoms. The molecule has 24 heavy (non-hydrogen) atoms. The van der Waals surface area contributed by atoms with Gasteiger partial charge in [0.15, 0.2) is 0 Å². The van der Waals surface area contributed by atoms with Gasteiger partial charge in [0.05, 0.1) is 13.0 Å². The summed E-state index contributed by atoms with van der Waals surface area (Å²) in [5.41, 5.74) is 2.11. The maximum atomic E-state index is 13.1. The maximum Gasteiger partial charge on any atom is 0.230 e. The van der Waals surface area contributed by atoms with Crippen LogP contribution in [0.3, 0.4) is 0 Å². The van der Waals surface area contributed by atoms with E-state index in [2.05, 4.69) is 6.58 Å². The summed E-state index contributed by atoms with van der Waals surface area (Å²) in [4.78, 5) is 14.9. The van der Waals surface area contributed by atoms with Crippen LogP contribution in [0.2, 0.25) is 0 Å². The van der Waals surface area contributed by atoms with E-state index in [1.165, 1.54) is 0 Å². The summed E-state index contributed by atoms with van der Waals surface area (Å²) in [6.45, 7) is 6.92. The predicted molar refractivity (Wildman–Crippen MR) is 98.1 cm³/mol. The number of rotatable bonds is 8. The summed E-state index contributed by atoms with van der Waals surface area (Å²) in [5.74, 6) is 0.803. The SMILES string of the molecule is C=CCN(Cc1cccc(OC)c1)C(=O)[C@@H](CC)c1ccccc1. The molecule has 0 aliphatic carbocycles. The van der Waals surface area contributed by atoms with Crippen LogP contribution in [0.5, 0.6) is 5.75 Å². The molecule has 0 aliphatic heterocycles. The first-order valence-electron chi connectivity index (χ1n) is 8.27. The molecule has 0 bridgehead atoms. The van der Waals surface area contributed by atoms with Crippen molar-refractivity contribution in [1.82, 2.24) is 4.90 Å². The van der Waals surface area contributed by atoms with E-state index in [0.717, 1.165) is 23.3 Å². The van der Waals surface area contributed by atoms with Crippen molar-refractivity contribution in [3.63, 3.8) is 0 Å². The van der Waals surface area contributed by atoms with Gasteiger partial charge in [-0.1, -0.05) is 55.5 Å². The van der Waals surface area contributed by atoms with Crippen LogP contribution >= 0.6 is 0 Å². The summed E-state index contributed by atoms with van der Waals surface area (Å²) in [6, 6.07) is 17.8. The normalized spacial score (nSPS) is 11.6. The number of carbonyl (C=O) groups excluding carboxylic acids is 1. The Hall–Kier alpha value is -2.55. The second kappa shape index (κ2) is 8.92. The number of benzene rings is 2. The Morgan fingerprint density at radius 3 is 2.58 bits per heavy atom. The third-order valence-electron chi connectivity index (χ3n) is 4.08. The predicted octanol–water partition coefficient (Wildman–Crippen LogP) is 4.40. The molecule has 2 rings (SSSR count). The maximum absolute atomic E-state index is 13.1. The molecule has 0 aliphatic rings. The van der Waals surface area contributed by atoms with Crippen LogP contribution < -0.4 is 4.74 Å². The van der Waals surface area contributed by atoms with Gasteiger partial charge in [0, 0.05) is 13.1 Å². The molecule has 0 saturated carbocycles. The standard InChI is InChI=1S/C21H25NO2/c1-4-14-22(16-17-10-9-13-19(15-17)24-3)21(23)20(5-2)18-11-7-6-8-12-18/h4,6-13,15,20H,1,5,14,16H2,2-3H3/t20-/m0/s1. The highest BCUT2D eigenvalue weighted by atomic mass is 16.5. The molecule has 2 aromatic carbocycles. The molecule has 0 heterocycles. The summed E-state index contributed by atoms with van der Waals surface area (Å²) in [7, 11) is 1.65. The van der Waals surface area contributed by atoms with Crippen LogP contribution in [-0.4, -0.2) is 24.5 Å². The smallest absolute Gasteiger partial charge is 0.230 e. The van der Waals surface area contributed by atoms with Crippen LogP contribution in [0.25, 0.3) is 0 Å². The first-order chi connectivity index (χ1) is 11.7. The van der Waals surface area contributed by atoms with Crippen molar-refractivity contribution in [1.29, 1.82) is 0 Å². The second-order valence-corrected chi connectivity index (χ2v) is 5.73. The fraction of sp³-hybridized carbons (Fsp3) is 0.286. The van der Waals surface area contributed by atoms with Crippen LogP contribution in [0.4, 0.5) is 0 Å². The Morgan fingerprint density at radius 2 is 1.96 bits per heavy atom. The number of hydrogen-bond acceptors (Lipinski definition) is 2. The molecule has 1 atom stereocenters. The molecule has 0 aromatic heterocycles. The van der Waals surface area contributed by atoms with Crippen LogP contribution in [0, 0.1) is 0 Å². The third-order valence-corrected chi connectivity index (χ3v) is 4.08. The van der Waals surface area contributed by atoms with E-state index in [9.17, 15) is 4.79 Å². The Balaban J connectivity index is 2.21. The quantitative estimate of drug-likeness (QED) is 0.674. The van der Waals surface area contributed by atoms with Gasteiger partial charge in [-0.3, -0.25) is 4.79 Å². The highest BCUT2D eigenvalue weighted by Gasteiger charge is 2.23. The molecule has 0 unspecified atom stereocenters. The summed E-state index contributed by atoms with van der Waals surface area (Å²) in [5, 5.41) is 0. The van der Waals surface area contributed by atoms with Gasteiger partial charge >= 0.3 is 0 Å². The van der Waals surface area contributed by atoms with E-state index < -0.39 is 0 Å². The first kappa shape index (κ1) is 17.8. The number of hydrogen-bond donors (Lipinski definition) is 0. The topological polar surface area (TPSA) is 29.5 Å². The summed E-state index contributed by atoms with van der Waals surface area (Å²) in [6.07, 6.45) is 2.55. The number of methoxy groups -OCH3 is 1. The van der Waals surface area contributed by atoms with Crippen molar-refractivity contribution in [2.75, 3.05) is 13.7 Å². The lowest BCUT2D eigenvalue weighted by Crippen LogP contribution is -2.34. The molecule has 0 N–H and O–H groups in total. The number of ether oxygens (including phenoxy) is 1. The van der Waals surface area contributed by atoms with Gasteiger partial charge < -0.3 is 9.64 Å². The zero-order chi connectivity index (χ0) is 17.4. The molecule has 126 valence electrons. The van der Waals surface area contributed by atoms with Crippen LogP contribution in [0.1, 0.15) is 30.4 Å². The highest BCUT2D eigenvalue weighted by Crippen LogP contribution is 2.23. The molecule has 3 heteroatoms. The Morgan fingerprint density at radius 1 is 1.21 bits per heavy atom. The average molecular weight is 323 g/mol. The largest absolute Gasteiger partial charge is 0.497 e.